The molecule has 4 nitrogen and oxygen atoms in total. The van der Waals surface area contributed by atoms with E-state index in [0.29, 0.717) is 29.4 Å². The molecule has 0 fully saturated rings. The number of carbonyl (C=O) groups is 1. The van der Waals surface area contributed by atoms with Crippen molar-refractivity contribution in [2.45, 2.75) is 19.3 Å². The maximum atomic E-state index is 12.2. The molecule has 0 bridgehead atoms. The number of methoxy groups -OCH3 is 1. The molecule has 3 aromatic carbocycles. The highest BCUT2D eigenvalue weighted by Crippen LogP contribution is 2.32. The van der Waals surface area contributed by atoms with E-state index in [2.05, 4.69) is 24.3 Å². The molecule has 0 heterocycles. The van der Waals surface area contributed by atoms with Crippen molar-refractivity contribution in [1.82, 2.24) is 0 Å². The number of benzene rings is 3. The number of rotatable bonds is 9. The van der Waals surface area contributed by atoms with Crippen LogP contribution in [0, 0.1) is 0 Å². The quantitative estimate of drug-likeness (QED) is 0.288. The van der Waals surface area contributed by atoms with Crippen LogP contribution in [0.4, 0.5) is 0 Å². The third-order valence-electron chi connectivity index (χ3n) is 4.32. The van der Waals surface area contributed by atoms with Crippen LogP contribution in [0.2, 0.25) is 0 Å². The van der Waals surface area contributed by atoms with E-state index in [1.54, 1.807) is 49.6 Å². The first-order valence-electron chi connectivity index (χ1n) is 9.38. The minimum absolute atomic E-state index is 0.403. The lowest BCUT2D eigenvalue weighted by Gasteiger charge is -2.12. The van der Waals surface area contributed by atoms with E-state index in [0.717, 1.165) is 19.3 Å². The predicted molar refractivity (Wildman–Crippen MR) is 109 cm³/mol. The number of ether oxygens (including phenoxy) is 3. The molecule has 0 N–H and O–H groups in total. The largest absolute Gasteiger partial charge is 0.493 e. The Morgan fingerprint density at radius 2 is 1.54 bits per heavy atom. The van der Waals surface area contributed by atoms with Crippen LogP contribution in [-0.2, 0) is 6.42 Å². The summed E-state index contributed by atoms with van der Waals surface area (Å²) in [6.45, 7) is 0.569. The minimum atomic E-state index is -0.403. The van der Waals surface area contributed by atoms with Gasteiger partial charge in [0.2, 0.25) is 0 Å². The molecule has 0 amide bonds. The zero-order valence-corrected chi connectivity index (χ0v) is 16.0. The maximum absolute atomic E-state index is 12.2. The van der Waals surface area contributed by atoms with Gasteiger partial charge in [0.1, 0.15) is 5.75 Å². The van der Waals surface area contributed by atoms with Crippen molar-refractivity contribution in [2.75, 3.05) is 13.7 Å². The van der Waals surface area contributed by atoms with E-state index >= 15 is 0 Å². The van der Waals surface area contributed by atoms with Gasteiger partial charge in [-0.3, -0.25) is 0 Å². The summed E-state index contributed by atoms with van der Waals surface area (Å²) in [5.41, 5.74) is 1.83. The summed E-state index contributed by atoms with van der Waals surface area (Å²) in [7, 11) is 1.59. The average molecular weight is 376 g/mol. The second-order valence-corrected chi connectivity index (χ2v) is 6.36. The van der Waals surface area contributed by atoms with Gasteiger partial charge in [-0.15, -0.1) is 0 Å². The van der Waals surface area contributed by atoms with Crippen molar-refractivity contribution in [2.24, 2.45) is 0 Å². The number of unbranched alkanes of at least 4 members (excludes halogenated alkanes) is 1. The molecule has 0 aliphatic rings. The standard InChI is InChI=1S/C24H24O4/c1-26-22-16-15-21(28-24(25)20-13-6-3-7-14-20)18-23(22)27-17-9-8-12-19-10-4-2-5-11-19/h2-7,10-11,13-16,18H,8-9,12,17H2,1H3. The fourth-order valence-electron chi connectivity index (χ4n) is 2.83. The molecule has 28 heavy (non-hydrogen) atoms. The van der Waals surface area contributed by atoms with Crippen LogP contribution in [0.25, 0.3) is 0 Å². The first kappa shape index (κ1) is 19.5. The lowest BCUT2D eigenvalue weighted by molar-refractivity contribution is 0.0734. The molecule has 0 spiro atoms. The Bertz CT molecular complexity index is 876. The van der Waals surface area contributed by atoms with Crippen LogP contribution < -0.4 is 14.2 Å². The van der Waals surface area contributed by atoms with Crippen LogP contribution in [0.1, 0.15) is 28.8 Å². The Balaban J connectivity index is 1.54. The molecule has 0 aliphatic heterocycles. The van der Waals surface area contributed by atoms with Gasteiger partial charge in [0, 0.05) is 6.07 Å². The van der Waals surface area contributed by atoms with Gasteiger partial charge >= 0.3 is 5.97 Å². The zero-order chi connectivity index (χ0) is 19.6. The molecule has 0 aromatic heterocycles. The third kappa shape index (κ3) is 5.61. The Kier molecular flexibility index (Phi) is 7.08. The van der Waals surface area contributed by atoms with Crippen molar-refractivity contribution in [3.63, 3.8) is 0 Å². The van der Waals surface area contributed by atoms with E-state index in [-0.39, 0.29) is 0 Å². The van der Waals surface area contributed by atoms with Crippen LogP contribution in [0.5, 0.6) is 17.2 Å². The minimum Gasteiger partial charge on any atom is -0.493 e. The molecule has 0 saturated heterocycles. The van der Waals surface area contributed by atoms with Crippen molar-refractivity contribution < 1.29 is 19.0 Å². The van der Waals surface area contributed by atoms with Gasteiger partial charge < -0.3 is 14.2 Å². The fraction of sp³-hybridized carbons (Fsp3) is 0.208. The predicted octanol–water partition coefficient (Wildman–Crippen LogP) is 5.32. The second kappa shape index (κ2) is 10.2. The Hall–Kier alpha value is -3.27. The summed E-state index contributed by atoms with van der Waals surface area (Å²) in [5, 5.41) is 0. The number of hydrogen-bond acceptors (Lipinski definition) is 4. The second-order valence-electron chi connectivity index (χ2n) is 6.36. The fourth-order valence-corrected chi connectivity index (χ4v) is 2.83. The maximum Gasteiger partial charge on any atom is 0.343 e. The van der Waals surface area contributed by atoms with Crippen LogP contribution in [-0.4, -0.2) is 19.7 Å². The molecule has 0 aliphatic carbocycles. The topological polar surface area (TPSA) is 44.8 Å². The molecule has 0 atom stereocenters. The molecule has 4 heteroatoms. The van der Waals surface area contributed by atoms with Crippen LogP contribution >= 0.6 is 0 Å². The zero-order valence-electron chi connectivity index (χ0n) is 16.0. The summed E-state index contributed by atoms with van der Waals surface area (Å²) >= 11 is 0. The molecule has 3 rings (SSSR count). The van der Waals surface area contributed by atoms with E-state index in [1.165, 1.54) is 5.56 Å². The molecule has 0 saturated carbocycles. The van der Waals surface area contributed by atoms with Crippen molar-refractivity contribution in [3.8, 4) is 17.2 Å². The molecular formula is C24H24O4. The third-order valence-corrected chi connectivity index (χ3v) is 4.32. The molecule has 3 aromatic rings. The molecule has 144 valence electrons. The monoisotopic (exact) mass is 376 g/mol. The number of aryl methyl sites for hydroxylation is 1. The van der Waals surface area contributed by atoms with Gasteiger partial charge in [0.15, 0.2) is 11.5 Å². The van der Waals surface area contributed by atoms with Gasteiger partial charge in [-0.05, 0) is 49.1 Å². The van der Waals surface area contributed by atoms with Gasteiger partial charge in [-0.2, -0.15) is 0 Å². The van der Waals surface area contributed by atoms with E-state index in [9.17, 15) is 4.79 Å². The number of esters is 1. The normalized spacial score (nSPS) is 10.3. The molecule has 0 unspecified atom stereocenters. The Morgan fingerprint density at radius 3 is 2.25 bits per heavy atom. The number of hydrogen-bond donors (Lipinski definition) is 0. The average Bonchev–Trinajstić information content (AvgIpc) is 2.75. The van der Waals surface area contributed by atoms with Gasteiger partial charge in [-0.1, -0.05) is 48.5 Å². The molecule has 0 radical (unpaired) electrons. The first-order valence-corrected chi connectivity index (χ1v) is 9.38. The Morgan fingerprint density at radius 1 is 0.821 bits per heavy atom. The highest BCUT2D eigenvalue weighted by molar-refractivity contribution is 5.91. The van der Waals surface area contributed by atoms with Gasteiger partial charge in [0.05, 0.1) is 19.3 Å². The first-order chi connectivity index (χ1) is 13.8. The van der Waals surface area contributed by atoms with Crippen LogP contribution in [0.3, 0.4) is 0 Å². The van der Waals surface area contributed by atoms with Gasteiger partial charge in [0.25, 0.3) is 0 Å². The lowest BCUT2D eigenvalue weighted by Crippen LogP contribution is -2.08. The van der Waals surface area contributed by atoms with Crippen molar-refractivity contribution >= 4 is 5.97 Å². The summed E-state index contributed by atoms with van der Waals surface area (Å²) in [4.78, 5) is 12.2. The summed E-state index contributed by atoms with van der Waals surface area (Å²) in [6.07, 6.45) is 2.98. The van der Waals surface area contributed by atoms with Crippen LogP contribution in [0.15, 0.2) is 78.9 Å². The highest BCUT2D eigenvalue weighted by Gasteiger charge is 2.11. The van der Waals surface area contributed by atoms with E-state index < -0.39 is 5.97 Å². The van der Waals surface area contributed by atoms with Crippen molar-refractivity contribution in [3.05, 3.63) is 90.0 Å². The van der Waals surface area contributed by atoms with Gasteiger partial charge in [-0.25, -0.2) is 4.79 Å². The van der Waals surface area contributed by atoms with E-state index in [1.807, 2.05) is 12.1 Å². The highest BCUT2D eigenvalue weighted by atomic mass is 16.5. The summed E-state index contributed by atoms with van der Waals surface area (Å²) < 4.78 is 16.7. The molecular weight excluding hydrogens is 352 g/mol. The lowest BCUT2D eigenvalue weighted by atomic mass is 10.1. The number of carbonyl (C=O) groups excluding carboxylic acids is 1. The summed E-state index contributed by atoms with van der Waals surface area (Å²) in [5.74, 6) is 1.21. The Labute approximate surface area is 165 Å². The summed E-state index contributed by atoms with van der Waals surface area (Å²) in [6, 6.07) is 24.4. The SMILES string of the molecule is COc1ccc(OC(=O)c2ccccc2)cc1OCCCCc1ccccc1. The van der Waals surface area contributed by atoms with E-state index in [4.69, 9.17) is 14.2 Å². The van der Waals surface area contributed by atoms with Crippen molar-refractivity contribution in [1.29, 1.82) is 0 Å². The smallest absolute Gasteiger partial charge is 0.343 e.